The summed E-state index contributed by atoms with van der Waals surface area (Å²) in [4.78, 5) is 15.7. The fourth-order valence-corrected chi connectivity index (χ4v) is 1.85. The first kappa shape index (κ1) is 12.2. The Morgan fingerprint density at radius 2 is 2.17 bits per heavy atom. The predicted octanol–water partition coefficient (Wildman–Crippen LogP) is 1.06. The van der Waals surface area contributed by atoms with Gasteiger partial charge in [-0.2, -0.15) is 0 Å². The van der Waals surface area contributed by atoms with Crippen LogP contribution in [0.3, 0.4) is 0 Å². The average Bonchev–Trinajstić information content (AvgIpc) is 2.92. The number of hydrogen-bond donors (Lipinski definition) is 1. The van der Waals surface area contributed by atoms with Crippen LogP contribution >= 0.6 is 0 Å². The number of imidazole rings is 1. The van der Waals surface area contributed by atoms with Crippen molar-refractivity contribution in [3.8, 4) is 0 Å². The second-order valence-electron chi connectivity index (χ2n) is 4.01. The van der Waals surface area contributed by atoms with E-state index in [0.29, 0.717) is 17.9 Å². The van der Waals surface area contributed by atoms with E-state index >= 15 is 0 Å². The molecular weight excluding hydrogens is 232 g/mol. The average molecular weight is 248 g/mol. The fraction of sp³-hybridized carbons (Fsp3) is 0.333. The van der Waals surface area contributed by atoms with E-state index in [1.807, 2.05) is 17.7 Å². The minimum absolute atomic E-state index is 0.381. The van der Waals surface area contributed by atoms with Gasteiger partial charge in [-0.25, -0.2) is 9.78 Å². The van der Waals surface area contributed by atoms with E-state index in [2.05, 4.69) is 4.98 Å². The van der Waals surface area contributed by atoms with Gasteiger partial charge in [-0.3, -0.25) is 0 Å². The van der Waals surface area contributed by atoms with Gasteiger partial charge in [0.05, 0.1) is 12.8 Å². The molecule has 0 unspecified atom stereocenters. The molecule has 0 saturated heterocycles. The number of carbonyl (C=O) groups is 1. The Hall–Kier alpha value is -2.24. The second-order valence-corrected chi connectivity index (χ2v) is 4.01. The maximum absolute atomic E-state index is 11.6. The lowest BCUT2D eigenvalue weighted by atomic mass is 10.4. The predicted molar refractivity (Wildman–Crippen MR) is 67.1 cm³/mol. The molecule has 96 valence electrons. The molecule has 0 fully saturated rings. The Labute approximate surface area is 105 Å². The number of carbonyl (C=O) groups excluding carboxylic acids is 1. The van der Waals surface area contributed by atoms with Crippen LogP contribution in [-0.2, 0) is 17.8 Å². The largest absolute Gasteiger partial charge is 0.464 e. The van der Waals surface area contributed by atoms with Crippen molar-refractivity contribution >= 4 is 11.7 Å². The molecule has 6 nitrogen and oxygen atoms in total. The summed E-state index contributed by atoms with van der Waals surface area (Å²) in [6.07, 6.45) is 5.39. The maximum atomic E-state index is 11.6. The molecule has 2 N–H and O–H groups in total. The summed E-state index contributed by atoms with van der Waals surface area (Å²) in [6.45, 7) is 3.30. The van der Waals surface area contributed by atoms with E-state index in [4.69, 9.17) is 10.5 Å². The Morgan fingerprint density at radius 1 is 1.44 bits per heavy atom. The first-order chi connectivity index (χ1) is 8.61. The van der Waals surface area contributed by atoms with E-state index in [1.54, 1.807) is 23.0 Å². The van der Waals surface area contributed by atoms with Crippen LogP contribution in [0, 0.1) is 6.92 Å². The van der Waals surface area contributed by atoms with Crippen molar-refractivity contribution in [1.82, 2.24) is 14.1 Å². The number of nitrogens with two attached hydrogens (primary N) is 1. The maximum Gasteiger partial charge on any atom is 0.354 e. The fourth-order valence-electron chi connectivity index (χ4n) is 1.85. The topological polar surface area (TPSA) is 75.1 Å². The molecule has 2 rings (SSSR count). The summed E-state index contributed by atoms with van der Waals surface area (Å²) in [5.74, 6) is 0.559. The van der Waals surface area contributed by atoms with Crippen molar-refractivity contribution in [2.75, 3.05) is 12.8 Å². The normalized spacial score (nSPS) is 10.6. The standard InChI is InChI=1S/C12H16N4O2/c1-9-14-3-4-15(9)5-6-16-8-10(13)7-11(16)12(17)18-2/h3-4,7-8H,5-6,13H2,1-2H3. The Morgan fingerprint density at radius 3 is 2.78 bits per heavy atom. The van der Waals surface area contributed by atoms with Gasteiger partial charge in [0.1, 0.15) is 11.5 Å². The third-order valence-corrected chi connectivity index (χ3v) is 2.82. The van der Waals surface area contributed by atoms with Crippen LogP contribution in [0.25, 0.3) is 0 Å². The molecule has 0 bridgehead atoms. The monoisotopic (exact) mass is 248 g/mol. The van der Waals surface area contributed by atoms with E-state index in [0.717, 1.165) is 12.4 Å². The molecule has 6 heteroatoms. The molecule has 0 spiro atoms. The number of esters is 1. The van der Waals surface area contributed by atoms with Gasteiger partial charge in [-0.15, -0.1) is 0 Å². The minimum atomic E-state index is -0.381. The number of hydrogen-bond acceptors (Lipinski definition) is 4. The summed E-state index contributed by atoms with van der Waals surface area (Å²) < 4.78 is 8.52. The molecule has 0 amide bonds. The number of methoxy groups -OCH3 is 1. The Kier molecular flexibility index (Phi) is 3.36. The van der Waals surface area contributed by atoms with Crippen LogP contribution in [0.15, 0.2) is 24.7 Å². The molecule has 0 aliphatic heterocycles. The molecule has 2 aromatic rings. The highest BCUT2D eigenvalue weighted by Gasteiger charge is 2.13. The van der Waals surface area contributed by atoms with Crippen molar-refractivity contribution in [1.29, 1.82) is 0 Å². The van der Waals surface area contributed by atoms with Crippen LogP contribution in [0.5, 0.6) is 0 Å². The SMILES string of the molecule is COC(=O)c1cc(N)cn1CCn1ccnc1C. The van der Waals surface area contributed by atoms with E-state index in [-0.39, 0.29) is 5.97 Å². The number of nitrogen functional groups attached to an aromatic ring is 1. The number of nitrogens with zero attached hydrogens (tertiary/aromatic N) is 3. The minimum Gasteiger partial charge on any atom is -0.464 e. The number of rotatable bonds is 4. The Bertz CT molecular complexity index is 556. The van der Waals surface area contributed by atoms with Crippen LogP contribution < -0.4 is 5.73 Å². The molecule has 0 radical (unpaired) electrons. The highest BCUT2D eigenvalue weighted by molar-refractivity contribution is 5.88. The highest BCUT2D eigenvalue weighted by Crippen LogP contribution is 2.12. The second kappa shape index (κ2) is 4.95. The molecule has 0 saturated carbocycles. The lowest BCUT2D eigenvalue weighted by molar-refractivity contribution is 0.0588. The summed E-state index contributed by atoms with van der Waals surface area (Å²) in [6, 6.07) is 1.62. The Balaban J connectivity index is 2.14. The number of aromatic nitrogens is 3. The third-order valence-electron chi connectivity index (χ3n) is 2.82. The van der Waals surface area contributed by atoms with Gasteiger partial charge in [0, 0.05) is 31.7 Å². The van der Waals surface area contributed by atoms with Crippen LogP contribution in [-0.4, -0.2) is 27.2 Å². The van der Waals surface area contributed by atoms with Gasteiger partial charge in [-0.1, -0.05) is 0 Å². The first-order valence-electron chi connectivity index (χ1n) is 5.63. The molecular formula is C12H16N4O2. The lowest BCUT2D eigenvalue weighted by Crippen LogP contribution is -2.13. The van der Waals surface area contributed by atoms with Gasteiger partial charge in [-0.05, 0) is 13.0 Å². The summed E-state index contributed by atoms with van der Waals surface area (Å²) in [5.41, 5.74) is 6.72. The molecule has 0 aromatic carbocycles. The smallest absolute Gasteiger partial charge is 0.354 e. The molecule has 0 aliphatic carbocycles. The van der Waals surface area contributed by atoms with E-state index < -0.39 is 0 Å². The van der Waals surface area contributed by atoms with Crippen LogP contribution in [0.4, 0.5) is 5.69 Å². The van der Waals surface area contributed by atoms with Crippen LogP contribution in [0.2, 0.25) is 0 Å². The highest BCUT2D eigenvalue weighted by atomic mass is 16.5. The van der Waals surface area contributed by atoms with Crippen molar-refractivity contribution in [2.24, 2.45) is 0 Å². The zero-order valence-corrected chi connectivity index (χ0v) is 10.5. The number of aryl methyl sites for hydroxylation is 3. The molecule has 0 atom stereocenters. The number of ether oxygens (including phenoxy) is 1. The van der Waals surface area contributed by atoms with E-state index in [9.17, 15) is 4.79 Å². The summed E-state index contributed by atoms with van der Waals surface area (Å²) in [5, 5.41) is 0. The van der Waals surface area contributed by atoms with Gasteiger partial charge in [0.15, 0.2) is 0 Å². The zero-order valence-electron chi connectivity index (χ0n) is 10.5. The van der Waals surface area contributed by atoms with Crippen LogP contribution in [0.1, 0.15) is 16.3 Å². The molecule has 2 aromatic heterocycles. The van der Waals surface area contributed by atoms with Crippen molar-refractivity contribution < 1.29 is 9.53 Å². The molecule has 2 heterocycles. The van der Waals surface area contributed by atoms with Crippen molar-refractivity contribution in [2.45, 2.75) is 20.0 Å². The number of anilines is 1. The first-order valence-corrected chi connectivity index (χ1v) is 5.63. The van der Waals surface area contributed by atoms with Gasteiger partial charge in [0.25, 0.3) is 0 Å². The third kappa shape index (κ3) is 2.37. The van der Waals surface area contributed by atoms with Gasteiger partial charge >= 0.3 is 5.97 Å². The lowest BCUT2D eigenvalue weighted by Gasteiger charge is -2.09. The van der Waals surface area contributed by atoms with Gasteiger partial charge in [0.2, 0.25) is 0 Å². The van der Waals surface area contributed by atoms with Crippen molar-refractivity contribution in [3.05, 3.63) is 36.2 Å². The van der Waals surface area contributed by atoms with E-state index in [1.165, 1.54) is 7.11 Å². The zero-order chi connectivity index (χ0) is 13.1. The van der Waals surface area contributed by atoms with Crippen molar-refractivity contribution in [3.63, 3.8) is 0 Å². The summed E-state index contributed by atoms with van der Waals surface area (Å²) >= 11 is 0. The molecule has 18 heavy (non-hydrogen) atoms. The van der Waals surface area contributed by atoms with Gasteiger partial charge < -0.3 is 19.6 Å². The quantitative estimate of drug-likeness (QED) is 0.821. The summed E-state index contributed by atoms with van der Waals surface area (Å²) in [7, 11) is 1.36. The molecule has 0 aliphatic rings.